The molecule has 2 aliphatic heterocycles. The van der Waals surface area contributed by atoms with Gasteiger partial charge in [0.1, 0.15) is 0 Å². The van der Waals surface area contributed by atoms with Crippen LogP contribution in [0.4, 0.5) is 0 Å². The Hall–Kier alpha value is -0.340. The van der Waals surface area contributed by atoms with Crippen molar-refractivity contribution in [3.63, 3.8) is 0 Å². The topological polar surface area (TPSA) is 18.5 Å². The lowest BCUT2D eigenvalue weighted by molar-refractivity contribution is -0.150. The summed E-state index contributed by atoms with van der Waals surface area (Å²) < 4.78 is 11.0. The number of hydrogen-bond acceptors (Lipinski definition) is 2. The lowest BCUT2D eigenvalue weighted by Crippen LogP contribution is -2.26. The van der Waals surface area contributed by atoms with Crippen molar-refractivity contribution in [1.82, 2.24) is 0 Å². The normalized spacial score (nSPS) is 38.6. The van der Waals surface area contributed by atoms with Gasteiger partial charge in [-0.2, -0.15) is 0 Å². The molecule has 2 rings (SSSR count). The van der Waals surface area contributed by atoms with Crippen LogP contribution < -0.4 is 0 Å². The highest BCUT2D eigenvalue weighted by atomic mass is 16.7. The van der Waals surface area contributed by atoms with Gasteiger partial charge in [-0.05, 0) is 24.8 Å². The second-order valence-corrected chi connectivity index (χ2v) is 3.49. The van der Waals surface area contributed by atoms with Gasteiger partial charge >= 0.3 is 0 Å². The van der Waals surface area contributed by atoms with Crippen molar-refractivity contribution in [1.29, 1.82) is 0 Å². The highest BCUT2D eigenvalue weighted by Crippen LogP contribution is 2.34. The summed E-state index contributed by atoms with van der Waals surface area (Å²) in [5.74, 6) is 0.568. The Morgan fingerprint density at radius 3 is 3.25 bits per heavy atom. The quantitative estimate of drug-likeness (QED) is 0.558. The van der Waals surface area contributed by atoms with E-state index in [-0.39, 0.29) is 6.29 Å². The third kappa shape index (κ3) is 1.41. The first kappa shape index (κ1) is 8.27. The first-order valence-corrected chi connectivity index (χ1v) is 4.84. The van der Waals surface area contributed by atoms with Crippen LogP contribution >= 0.6 is 0 Å². The van der Waals surface area contributed by atoms with Gasteiger partial charge < -0.3 is 9.47 Å². The van der Waals surface area contributed by atoms with Crippen LogP contribution in [-0.4, -0.2) is 19.5 Å². The van der Waals surface area contributed by atoms with Crippen molar-refractivity contribution in [2.45, 2.75) is 32.5 Å². The molecule has 0 aliphatic carbocycles. The van der Waals surface area contributed by atoms with Crippen molar-refractivity contribution in [3.8, 4) is 0 Å². The second kappa shape index (κ2) is 3.58. The summed E-state index contributed by atoms with van der Waals surface area (Å²) in [5.41, 5.74) is 1.46. The van der Waals surface area contributed by atoms with E-state index in [1.165, 1.54) is 18.4 Å². The molecule has 0 N–H and O–H groups in total. The van der Waals surface area contributed by atoms with Gasteiger partial charge in [0.2, 0.25) is 0 Å². The summed E-state index contributed by atoms with van der Waals surface area (Å²) in [5, 5.41) is 0. The molecule has 2 saturated heterocycles. The molecule has 2 aliphatic rings. The highest BCUT2D eigenvalue weighted by Gasteiger charge is 2.34. The van der Waals surface area contributed by atoms with Crippen LogP contribution in [0, 0.1) is 5.92 Å². The molecule has 0 aromatic carbocycles. The Balaban J connectivity index is 2.05. The summed E-state index contributed by atoms with van der Waals surface area (Å²) in [7, 11) is 0. The predicted molar refractivity (Wildman–Crippen MR) is 46.8 cm³/mol. The molecule has 2 heteroatoms. The van der Waals surface area contributed by atoms with E-state index in [1.54, 1.807) is 0 Å². The van der Waals surface area contributed by atoms with Crippen LogP contribution in [0.1, 0.15) is 26.2 Å². The number of fused-ring (bicyclic) bond motifs is 1. The minimum absolute atomic E-state index is 0.0801. The first-order valence-electron chi connectivity index (χ1n) is 4.84. The van der Waals surface area contributed by atoms with Gasteiger partial charge in [-0.15, -0.1) is 0 Å². The molecular formula is C10H16O2. The second-order valence-electron chi connectivity index (χ2n) is 3.49. The zero-order valence-corrected chi connectivity index (χ0v) is 7.58. The molecule has 0 spiro atoms. The molecule has 2 heterocycles. The number of rotatable bonds is 1. The van der Waals surface area contributed by atoms with Crippen LogP contribution in [0.15, 0.2) is 11.6 Å². The summed E-state index contributed by atoms with van der Waals surface area (Å²) in [6.07, 6.45) is 5.92. The van der Waals surface area contributed by atoms with Gasteiger partial charge in [0.25, 0.3) is 0 Å². The van der Waals surface area contributed by atoms with Crippen molar-refractivity contribution in [2.24, 2.45) is 5.92 Å². The van der Waals surface area contributed by atoms with E-state index in [0.717, 1.165) is 19.6 Å². The fourth-order valence-electron chi connectivity index (χ4n) is 2.04. The molecule has 2 atom stereocenters. The largest absolute Gasteiger partial charge is 0.352 e. The lowest BCUT2D eigenvalue weighted by atomic mass is 9.94. The van der Waals surface area contributed by atoms with E-state index < -0.39 is 0 Å². The minimum atomic E-state index is 0.0801. The fraction of sp³-hybridized carbons (Fsp3) is 0.800. The van der Waals surface area contributed by atoms with Gasteiger partial charge in [0, 0.05) is 12.5 Å². The highest BCUT2D eigenvalue weighted by molar-refractivity contribution is 5.12. The molecule has 0 bridgehead atoms. The Morgan fingerprint density at radius 2 is 2.42 bits per heavy atom. The van der Waals surface area contributed by atoms with Gasteiger partial charge in [0.05, 0.1) is 6.61 Å². The molecule has 2 fully saturated rings. The molecule has 0 saturated carbocycles. The van der Waals surface area contributed by atoms with Crippen molar-refractivity contribution >= 4 is 0 Å². The van der Waals surface area contributed by atoms with Crippen LogP contribution in [0.5, 0.6) is 0 Å². The van der Waals surface area contributed by atoms with E-state index in [4.69, 9.17) is 9.47 Å². The minimum Gasteiger partial charge on any atom is -0.352 e. The maximum Gasteiger partial charge on any atom is 0.164 e. The summed E-state index contributed by atoms with van der Waals surface area (Å²) in [4.78, 5) is 0. The van der Waals surface area contributed by atoms with Crippen LogP contribution in [0.3, 0.4) is 0 Å². The average molecular weight is 168 g/mol. The summed E-state index contributed by atoms with van der Waals surface area (Å²) >= 11 is 0. The van der Waals surface area contributed by atoms with E-state index in [9.17, 15) is 0 Å². The standard InChI is InChI=1S/C10H16O2/c1-2-4-8-7-12-10-9(8)5-3-6-11-10/h4,9-10H,2-3,5-7H2,1H3/b8-4-. The van der Waals surface area contributed by atoms with Crippen molar-refractivity contribution in [3.05, 3.63) is 11.6 Å². The summed E-state index contributed by atoms with van der Waals surface area (Å²) in [6, 6.07) is 0. The van der Waals surface area contributed by atoms with Gasteiger partial charge in [-0.25, -0.2) is 0 Å². The molecule has 0 amide bonds. The van der Waals surface area contributed by atoms with Crippen LogP contribution in [0.2, 0.25) is 0 Å². The number of ether oxygens (including phenoxy) is 2. The molecule has 2 unspecified atom stereocenters. The lowest BCUT2D eigenvalue weighted by Gasteiger charge is -2.24. The van der Waals surface area contributed by atoms with Gasteiger partial charge in [-0.3, -0.25) is 0 Å². The molecule has 0 radical (unpaired) electrons. The smallest absolute Gasteiger partial charge is 0.164 e. The zero-order valence-electron chi connectivity index (χ0n) is 7.58. The van der Waals surface area contributed by atoms with E-state index >= 15 is 0 Å². The Labute approximate surface area is 73.5 Å². The molecule has 68 valence electrons. The maximum atomic E-state index is 5.53. The first-order chi connectivity index (χ1) is 5.92. The zero-order chi connectivity index (χ0) is 8.39. The Kier molecular flexibility index (Phi) is 2.47. The predicted octanol–water partition coefficient (Wildman–Crippen LogP) is 2.11. The van der Waals surface area contributed by atoms with Crippen LogP contribution in [-0.2, 0) is 9.47 Å². The number of hydrogen-bond donors (Lipinski definition) is 0. The van der Waals surface area contributed by atoms with Crippen molar-refractivity contribution in [2.75, 3.05) is 13.2 Å². The monoisotopic (exact) mass is 168 g/mol. The molecule has 12 heavy (non-hydrogen) atoms. The number of allylic oxidation sites excluding steroid dienone is 1. The van der Waals surface area contributed by atoms with E-state index in [0.29, 0.717) is 5.92 Å². The van der Waals surface area contributed by atoms with Gasteiger partial charge in [0.15, 0.2) is 6.29 Å². The fourth-order valence-corrected chi connectivity index (χ4v) is 2.04. The Bertz CT molecular complexity index is 186. The Morgan fingerprint density at radius 1 is 1.50 bits per heavy atom. The average Bonchev–Trinajstić information content (AvgIpc) is 2.50. The van der Waals surface area contributed by atoms with Crippen LogP contribution in [0.25, 0.3) is 0 Å². The molecule has 0 aromatic heterocycles. The van der Waals surface area contributed by atoms with E-state index in [2.05, 4.69) is 13.0 Å². The van der Waals surface area contributed by atoms with Crippen molar-refractivity contribution < 1.29 is 9.47 Å². The molecular weight excluding hydrogens is 152 g/mol. The SMILES string of the molecule is CC/C=C1/COC2OCCCC12. The van der Waals surface area contributed by atoms with E-state index in [1.807, 2.05) is 0 Å². The maximum absolute atomic E-state index is 5.53. The van der Waals surface area contributed by atoms with Gasteiger partial charge in [-0.1, -0.05) is 13.0 Å². The summed E-state index contributed by atoms with van der Waals surface area (Å²) in [6.45, 7) is 3.84. The molecule has 2 nitrogen and oxygen atoms in total. The third-order valence-electron chi connectivity index (χ3n) is 2.63. The third-order valence-corrected chi connectivity index (χ3v) is 2.63. The molecule has 0 aromatic rings.